The van der Waals surface area contributed by atoms with E-state index >= 15 is 0 Å². The van der Waals surface area contributed by atoms with E-state index < -0.39 is 27.9 Å². The Morgan fingerprint density at radius 2 is 2.00 bits per heavy atom. The number of methoxy groups -OCH3 is 1. The van der Waals surface area contributed by atoms with Gasteiger partial charge in [0.25, 0.3) is 5.76 Å². The van der Waals surface area contributed by atoms with E-state index in [0.29, 0.717) is 16.8 Å². The number of nitriles is 1. The van der Waals surface area contributed by atoms with Gasteiger partial charge in [-0.3, -0.25) is 0 Å². The van der Waals surface area contributed by atoms with Crippen LogP contribution in [0.2, 0.25) is 5.02 Å². The summed E-state index contributed by atoms with van der Waals surface area (Å²) in [5, 5.41) is 9.66. The van der Waals surface area contributed by atoms with Gasteiger partial charge >= 0.3 is 22.2 Å². The van der Waals surface area contributed by atoms with Gasteiger partial charge in [-0.2, -0.15) is 18.7 Å². The lowest BCUT2D eigenvalue weighted by Gasteiger charge is -2.04. The molecular weight excluding hydrogens is 388 g/mol. The number of halogens is 1. The quantitative estimate of drug-likeness (QED) is 0.311. The van der Waals surface area contributed by atoms with Crippen molar-refractivity contribution < 1.29 is 31.3 Å². The van der Waals surface area contributed by atoms with Gasteiger partial charge < -0.3 is 18.1 Å². The zero-order valence-electron chi connectivity index (χ0n) is 13.4. The Kier molecular flexibility index (Phi) is 5.86. The Morgan fingerprint density at radius 1 is 1.35 bits per heavy atom. The van der Waals surface area contributed by atoms with Crippen molar-refractivity contribution in [3.63, 3.8) is 0 Å². The fourth-order valence-corrected chi connectivity index (χ4v) is 2.05. The number of esters is 1. The molecule has 1 heterocycles. The fourth-order valence-electron chi connectivity index (χ4n) is 1.66. The molecule has 0 N–H and O–H groups in total. The summed E-state index contributed by atoms with van der Waals surface area (Å²) < 4.78 is 41.1. The summed E-state index contributed by atoms with van der Waals surface area (Å²) in [7, 11) is -2.84. The Balaban J connectivity index is 2.37. The number of benzene rings is 1. The molecule has 0 saturated heterocycles. The normalized spacial score (nSPS) is 11.5. The Hall–Kier alpha value is -3.03. The van der Waals surface area contributed by atoms with E-state index in [9.17, 15) is 18.5 Å². The van der Waals surface area contributed by atoms with Crippen LogP contribution in [0.25, 0.3) is 11.3 Å². The second-order valence-corrected chi connectivity index (χ2v) is 6.69. The Labute approximate surface area is 153 Å². The third kappa shape index (κ3) is 4.98. The summed E-state index contributed by atoms with van der Waals surface area (Å²) in [5.41, 5.74) is 0.660. The molecule has 1 aromatic heterocycles. The van der Waals surface area contributed by atoms with Gasteiger partial charge in [0.2, 0.25) is 5.76 Å². The highest BCUT2D eigenvalue weighted by Gasteiger charge is 2.21. The molecule has 0 amide bonds. The Morgan fingerprint density at radius 3 is 2.54 bits per heavy atom. The number of nitrogens with zero attached hydrogens (tertiary/aromatic N) is 2. The van der Waals surface area contributed by atoms with E-state index in [1.165, 1.54) is 0 Å². The van der Waals surface area contributed by atoms with Crippen molar-refractivity contribution in [3.8, 4) is 23.4 Å². The summed E-state index contributed by atoms with van der Waals surface area (Å²) in [5.74, 6) is -1.87. The molecule has 0 spiro atoms. The lowest BCUT2D eigenvalue weighted by Crippen LogP contribution is -2.12. The molecule has 2 rings (SSSR count). The maximum Gasteiger partial charge on any atom is 0.401 e. The van der Waals surface area contributed by atoms with Gasteiger partial charge in [-0.25, -0.2) is 4.79 Å². The molecule has 0 fully saturated rings. The minimum Gasteiger partial charge on any atom is -0.463 e. The van der Waals surface area contributed by atoms with Crippen molar-refractivity contribution in [2.24, 2.45) is 0 Å². The maximum absolute atomic E-state index is 11.7. The number of hydrogen-bond donors (Lipinski definition) is 0. The van der Waals surface area contributed by atoms with E-state index in [-0.39, 0.29) is 11.5 Å². The fraction of sp³-hybridized carbons (Fsp3) is 0.133. The SMILES string of the molecule is COC(=O)/C(=C\OS(C)(=O)=O)Oc1nc(-c2ccc(Cl)cc2)c(C#N)o1. The molecule has 2 aromatic rings. The first-order valence-corrected chi connectivity index (χ1v) is 8.94. The number of rotatable bonds is 6. The average Bonchev–Trinajstić information content (AvgIpc) is 3.00. The minimum absolute atomic E-state index is 0.146. The molecule has 0 unspecified atom stereocenters. The first-order valence-electron chi connectivity index (χ1n) is 6.75. The van der Waals surface area contributed by atoms with Crippen molar-refractivity contribution in [1.29, 1.82) is 5.26 Å². The van der Waals surface area contributed by atoms with E-state index in [4.69, 9.17) is 20.8 Å². The van der Waals surface area contributed by atoms with Crippen LogP contribution in [-0.2, 0) is 23.8 Å². The lowest BCUT2D eigenvalue weighted by molar-refractivity contribution is -0.139. The molecule has 0 aliphatic rings. The highest BCUT2D eigenvalue weighted by molar-refractivity contribution is 7.86. The highest BCUT2D eigenvalue weighted by Crippen LogP contribution is 2.28. The molecule has 0 saturated carbocycles. The molecule has 0 radical (unpaired) electrons. The number of ether oxygens (including phenoxy) is 2. The van der Waals surface area contributed by atoms with Gasteiger partial charge in [0, 0.05) is 10.6 Å². The predicted molar refractivity (Wildman–Crippen MR) is 88.3 cm³/mol. The molecule has 0 aliphatic carbocycles. The topological polar surface area (TPSA) is 129 Å². The number of aromatic nitrogens is 1. The molecule has 1 aromatic carbocycles. The monoisotopic (exact) mass is 398 g/mol. The van der Waals surface area contributed by atoms with E-state index in [2.05, 4.69) is 13.9 Å². The van der Waals surface area contributed by atoms with Crippen LogP contribution in [0, 0.1) is 11.3 Å². The smallest absolute Gasteiger partial charge is 0.401 e. The second-order valence-electron chi connectivity index (χ2n) is 4.65. The minimum atomic E-state index is -3.89. The summed E-state index contributed by atoms with van der Waals surface area (Å²) in [6.07, 6.45) is 0.815. The largest absolute Gasteiger partial charge is 0.463 e. The van der Waals surface area contributed by atoms with Crippen molar-refractivity contribution in [2.45, 2.75) is 0 Å². The van der Waals surface area contributed by atoms with Gasteiger partial charge in [-0.15, -0.1) is 0 Å². The molecule has 26 heavy (non-hydrogen) atoms. The Bertz CT molecular complexity index is 988. The van der Waals surface area contributed by atoms with Gasteiger partial charge in [-0.1, -0.05) is 23.7 Å². The molecule has 0 bridgehead atoms. The predicted octanol–water partition coefficient (Wildman–Crippen LogP) is 2.24. The van der Waals surface area contributed by atoms with Crippen LogP contribution in [0.3, 0.4) is 0 Å². The molecule has 0 aliphatic heterocycles. The summed E-state index contributed by atoms with van der Waals surface area (Å²) in [6, 6.07) is 8.19. The summed E-state index contributed by atoms with van der Waals surface area (Å²) in [6.45, 7) is 0. The summed E-state index contributed by atoms with van der Waals surface area (Å²) >= 11 is 5.81. The molecule has 136 valence electrons. The van der Waals surface area contributed by atoms with E-state index in [0.717, 1.165) is 13.4 Å². The van der Waals surface area contributed by atoms with Gasteiger partial charge in [-0.05, 0) is 12.1 Å². The zero-order valence-corrected chi connectivity index (χ0v) is 15.0. The van der Waals surface area contributed by atoms with Crippen LogP contribution < -0.4 is 4.74 Å². The first kappa shape index (κ1) is 19.3. The average molecular weight is 399 g/mol. The molecule has 9 nitrogen and oxygen atoms in total. The van der Waals surface area contributed by atoms with Gasteiger partial charge in [0.05, 0.1) is 13.4 Å². The van der Waals surface area contributed by atoms with E-state index in [1.807, 2.05) is 0 Å². The van der Waals surface area contributed by atoms with Crippen LogP contribution in [0.5, 0.6) is 6.08 Å². The molecule has 0 atom stereocenters. The summed E-state index contributed by atoms with van der Waals surface area (Å²) in [4.78, 5) is 15.6. The lowest BCUT2D eigenvalue weighted by atomic mass is 10.1. The van der Waals surface area contributed by atoms with Crippen LogP contribution >= 0.6 is 11.6 Å². The third-order valence-electron chi connectivity index (χ3n) is 2.74. The van der Waals surface area contributed by atoms with Gasteiger partial charge in [0.1, 0.15) is 11.8 Å². The van der Waals surface area contributed by atoms with Crippen molar-refractivity contribution in [3.05, 3.63) is 47.1 Å². The molecule has 11 heteroatoms. The van der Waals surface area contributed by atoms with Crippen LogP contribution in [-0.4, -0.2) is 32.7 Å². The van der Waals surface area contributed by atoms with Gasteiger partial charge in [0.15, 0.2) is 6.26 Å². The van der Waals surface area contributed by atoms with Crippen molar-refractivity contribution in [1.82, 2.24) is 4.98 Å². The second kappa shape index (κ2) is 7.90. The van der Waals surface area contributed by atoms with Crippen molar-refractivity contribution in [2.75, 3.05) is 13.4 Å². The number of hydrogen-bond acceptors (Lipinski definition) is 9. The maximum atomic E-state index is 11.7. The highest BCUT2D eigenvalue weighted by atomic mass is 35.5. The zero-order chi connectivity index (χ0) is 19.3. The number of oxazole rings is 1. The van der Waals surface area contributed by atoms with E-state index in [1.54, 1.807) is 30.3 Å². The van der Waals surface area contributed by atoms with Crippen LogP contribution in [0.1, 0.15) is 5.76 Å². The third-order valence-corrected chi connectivity index (χ3v) is 3.44. The van der Waals surface area contributed by atoms with Crippen molar-refractivity contribution >= 4 is 27.7 Å². The first-order chi connectivity index (χ1) is 12.2. The standard InChI is InChI=1S/C15H11ClN2O7S/c1-22-14(19)12(8-23-26(2,20)21)25-15-18-13(11(7-17)24-15)9-3-5-10(16)6-4-9/h3-6,8H,1-2H3/b12-8+. The number of carbonyl (C=O) groups is 1. The van der Waals surface area contributed by atoms with Crippen LogP contribution in [0.4, 0.5) is 0 Å². The number of carbonyl (C=O) groups excluding carboxylic acids is 1. The molecular formula is C15H11ClN2O7S. The van der Waals surface area contributed by atoms with Crippen LogP contribution in [0.15, 0.2) is 40.7 Å².